The normalized spacial score (nSPS) is 13.8. The fraction of sp³-hybridized carbons (Fsp3) is 0.667. The SMILES string of the molecule is C=CCOC(=O)NC(C)(CCCN(C)C)C(=O)O. The number of hydrogen-bond donors (Lipinski definition) is 2. The maximum Gasteiger partial charge on any atom is 0.408 e. The second kappa shape index (κ2) is 7.71. The van der Waals surface area contributed by atoms with Gasteiger partial charge in [-0.2, -0.15) is 0 Å². The Morgan fingerprint density at radius 1 is 1.50 bits per heavy atom. The lowest BCUT2D eigenvalue weighted by Gasteiger charge is -2.26. The molecule has 0 aromatic heterocycles. The Kier molecular flexibility index (Phi) is 7.04. The van der Waals surface area contributed by atoms with E-state index in [0.29, 0.717) is 12.8 Å². The third-order valence-electron chi connectivity index (χ3n) is 2.46. The summed E-state index contributed by atoms with van der Waals surface area (Å²) in [6.45, 7) is 5.69. The predicted octanol–water partition coefficient (Wildman–Crippen LogP) is 1.08. The van der Waals surface area contributed by atoms with Crippen molar-refractivity contribution in [3.05, 3.63) is 12.7 Å². The number of nitrogens with one attached hydrogen (secondary N) is 1. The highest BCUT2D eigenvalue weighted by atomic mass is 16.5. The summed E-state index contributed by atoms with van der Waals surface area (Å²) in [5, 5.41) is 11.5. The van der Waals surface area contributed by atoms with Gasteiger partial charge in [0.25, 0.3) is 0 Å². The van der Waals surface area contributed by atoms with Crippen molar-refractivity contribution in [1.82, 2.24) is 10.2 Å². The van der Waals surface area contributed by atoms with Crippen LogP contribution < -0.4 is 5.32 Å². The molecule has 0 spiro atoms. The summed E-state index contributed by atoms with van der Waals surface area (Å²) in [4.78, 5) is 24.5. The highest BCUT2D eigenvalue weighted by Crippen LogP contribution is 2.13. The molecule has 0 aromatic carbocycles. The molecular formula is C12H22N2O4. The number of carboxylic acid groups (broad SMARTS) is 1. The largest absolute Gasteiger partial charge is 0.480 e. The van der Waals surface area contributed by atoms with Gasteiger partial charge in [-0.3, -0.25) is 0 Å². The van der Waals surface area contributed by atoms with Gasteiger partial charge in [-0.1, -0.05) is 12.7 Å². The van der Waals surface area contributed by atoms with Crippen molar-refractivity contribution in [1.29, 1.82) is 0 Å². The summed E-state index contributed by atoms with van der Waals surface area (Å²) in [7, 11) is 3.81. The van der Waals surface area contributed by atoms with Gasteiger partial charge in [-0.15, -0.1) is 0 Å². The van der Waals surface area contributed by atoms with Gasteiger partial charge in [0.2, 0.25) is 0 Å². The first kappa shape index (κ1) is 16.4. The molecule has 0 aliphatic rings. The van der Waals surface area contributed by atoms with E-state index in [1.165, 1.54) is 13.0 Å². The summed E-state index contributed by atoms with van der Waals surface area (Å²) < 4.78 is 4.72. The van der Waals surface area contributed by atoms with Crippen LogP contribution in [0.4, 0.5) is 4.79 Å². The maximum atomic E-state index is 11.4. The highest BCUT2D eigenvalue weighted by molar-refractivity contribution is 5.83. The summed E-state index contributed by atoms with van der Waals surface area (Å²) in [6, 6.07) is 0. The number of amides is 1. The van der Waals surface area contributed by atoms with Crippen LogP contribution in [0.5, 0.6) is 0 Å². The standard InChI is InChI=1S/C12H22N2O4/c1-5-9-18-11(17)13-12(2,10(15)16)7-6-8-14(3)4/h5H,1,6-9H2,2-4H3,(H,13,17)(H,15,16). The number of ether oxygens (including phenoxy) is 1. The molecule has 6 heteroatoms. The van der Waals surface area contributed by atoms with Crippen LogP contribution in [0.3, 0.4) is 0 Å². The molecule has 1 amide bonds. The molecule has 0 radical (unpaired) electrons. The van der Waals surface area contributed by atoms with E-state index in [-0.39, 0.29) is 6.61 Å². The second-order valence-corrected chi connectivity index (χ2v) is 4.56. The molecule has 2 N–H and O–H groups in total. The van der Waals surface area contributed by atoms with E-state index in [2.05, 4.69) is 11.9 Å². The monoisotopic (exact) mass is 258 g/mol. The minimum absolute atomic E-state index is 0.0548. The number of nitrogens with zero attached hydrogens (tertiary/aromatic N) is 1. The third kappa shape index (κ3) is 6.24. The molecule has 0 rings (SSSR count). The van der Waals surface area contributed by atoms with E-state index in [1.54, 1.807) is 0 Å². The van der Waals surface area contributed by atoms with Crippen LogP contribution in [0, 0.1) is 0 Å². The van der Waals surface area contributed by atoms with Crippen LogP contribution in [0.2, 0.25) is 0 Å². The zero-order valence-electron chi connectivity index (χ0n) is 11.2. The number of carbonyl (C=O) groups is 2. The van der Waals surface area contributed by atoms with E-state index in [4.69, 9.17) is 9.84 Å². The third-order valence-corrected chi connectivity index (χ3v) is 2.46. The lowest BCUT2D eigenvalue weighted by Crippen LogP contribution is -2.52. The van der Waals surface area contributed by atoms with E-state index < -0.39 is 17.6 Å². The first-order valence-electron chi connectivity index (χ1n) is 5.76. The van der Waals surface area contributed by atoms with Gasteiger partial charge in [-0.25, -0.2) is 9.59 Å². The second-order valence-electron chi connectivity index (χ2n) is 4.56. The van der Waals surface area contributed by atoms with Crippen molar-refractivity contribution in [2.45, 2.75) is 25.3 Å². The lowest BCUT2D eigenvalue weighted by molar-refractivity contribution is -0.144. The summed E-state index contributed by atoms with van der Waals surface area (Å²) in [5.74, 6) is -1.07. The van der Waals surface area contributed by atoms with Crippen LogP contribution in [0.15, 0.2) is 12.7 Å². The minimum Gasteiger partial charge on any atom is -0.480 e. The van der Waals surface area contributed by atoms with Gasteiger partial charge < -0.3 is 20.1 Å². The summed E-state index contributed by atoms with van der Waals surface area (Å²) in [6.07, 6.45) is 1.68. The molecule has 104 valence electrons. The van der Waals surface area contributed by atoms with Crippen molar-refractivity contribution in [2.24, 2.45) is 0 Å². The molecule has 0 aliphatic heterocycles. The molecule has 18 heavy (non-hydrogen) atoms. The number of hydrogen-bond acceptors (Lipinski definition) is 4. The average Bonchev–Trinajstić information content (AvgIpc) is 2.25. The Bertz CT molecular complexity index is 304. The van der Waals surface area contributed by atoms with E-state index in [1.807, 2.05) is 19.0 Å². The summed E-state index contributed by atoms with van der Waals surface area (Å²) >= 11 is 0. The average molecular weight is 258 g/mol. The number of carbonyl (C=O) groups excluding carboxylic acids is 1. The predicted molar refractivity (Wildman–Crippen MR) is 68.5 cm³/mol. The van der Waals surface area contributed by atoms with Crippen LogP contribution in [-0.4, -0.2) is 54.9 Å². The number of rotatable bonds is 8. The number of alkyl carbamates (subject to hydrolysis) is 1. The molecule has 0 aromatic rings. The van der Waals surface area contributed by atoms with Gasteiger partial charge in [0.05, 0.1) is 0 Å². The molecule has 0 aliphatic carbocycles. The zero-order chi connectivity index (χ0) is 14.2. The fourth-order valence-corrected chi connectivity index (χ4v) is 1.37. The first-order chi connectivity index (χ1) is 8.31. The van der Waals surface area contributed by atoms with Crippen molar-refractivity contribution < 1.29 is 19.4 Å². The van der Waals surface area contributed by atoms with Gasteiger partial charge in [-0.05, 0) is 40.4 Å². The van der Waals surface area contributed by atoms with E-state index in [9.17, 15) is 9.59 Å². The minimum atomic E-state index is -1.31. The molecule has 0 bridgehead atoms. The molecule has 1 atom stereocenters. The van der Waals surface area contributed by atoms with Crippen molar-refractivity contribution in [3.63, 3.8) is 0 Å². The van der Waals surface area contributed by atoms with Crippen LogP contribution in [0.1, 0.15) is 19.8 Å². The molecule has 0 saturated carbocycles. The topological polar surface area (TPSA) is 78.9 Å². The van der Waals surface area contributed by atoms with Crippen LogP contribution in [0.25, 0.3) is 0 Å². The van der Waals surface area contributed by atoms with E-state index >= 15 is 0 Å². The van der Waals surface area contributed by atoms with Crippen molar-refractivity contribution in [2.75, 3.05) is 27.2 Å². The first-order valence-corrected chi connectivity index (χ1v) is 5.76. The summed E-state index contributed by atoms with van der Waals surface area (Å²) in [5.41, 5.74) is -1.31. The van der Waals surface area contributed by atoms with Crippen molar-refractivity contribution in [3.8, 4) is 0 Å². The number of carboxylic acids is 1. The molecule has 0 saturated heterocycles. The van der Waals surface area contributed by atoms with Gasteiger partial charge >= 0.3 is 12.1 Å². The Morgan fingerprint density at radius 2 is 2.11 bits per heavy atom. The molecule has 6 nitrogen and oxygen atoms in total. The zero-order valence-corrected chi connectivity index (χ0v) is 11.2. The van der Waals surface area contributed by atoms with E-state index in [0.717, 1.165) is 6.54 Å². The molecule has 1 unspecified atom stereocenters. The Morgan fingerprint density at radius 3 is 2.56 bits per heavy atom. The maximum absolute atomic E-state index is 11.4. The lowest BCUT2D eigenvalue weighted by atomic mass is 9.96. The van der Waals surface area contributed by atoms with Gasteiger partial charge in [0.1, 0.15) is 12.1 Å². The molecule has 0 heterocycles. The van der Waals surface area contributed by atoms with Crippen molar-refractivity contribution >= 4 is 12.1 Å². The Hall–Kier alpha value is -1.56. The smallest absolute Gasteiger partial charge is 0.408 e. The van der Waals surface area contributed by atoms with Crippen LogP contribution >= 0.6 is 0 Å². The number of aliphatic carboxylic acids is 1. The molecule has 0 fully saturated rings. The van der Waals surface area contributed by atoms with Crippen LogP contribution in [-0.2, 0) is 9.53 Å². The van der Waals surface area contributed by atoms with Gasteiger partial charge in [0.15, 0.2) is 0 Å². The quantitative estimate of drug-likeness (QED) is 0.637. The Balaban J connectivity index is 4.37. The Labute approximate surface area is 108 Å². The van der Waals surface area contributed by atoms with Gasteiger partial charge in [0, 0.05) is 0 Å². The fourth-order valence-electron chi connectivity index (χ4n) is 1.37. The highest BCUT2D eigenvalue weighted by Gasteiger charge is 2.34. The molecular weight excluding hydrogens is 236 g/mol.